The number of pyridine rings is 1. The molecule has 3 N–H and O–H groups in total. The van der Waals surface area contributed by atoms with Crippen LogP contribution in [0.5, 0.6) is 0 Å². The van der Waals surface area contributed by atoms with E-state index in [1.54, 1.807) is 11.8 Å². The Morgan fingerprint density at radius 2 is 1.84 bits per heavy atom. The number of benzene rings is 2. The van der Waals surface area contributed by atoms with Crippen LogP contribution in [0.15, 0.2) is 53.7 Å². The Hall–Kier alpha value is -3.10. The van der Waals surface area contributed by atoms with E-state index in [0.717, 1.165) is 57.6 Å². The highest BCUT2D eigenvalue weighted by Crippen LogP contribution is 2.32. The lowest BCUT2D eigenvalue weighted by Gasteiger charge is -2.21. The monoisotopic (exact) mass is 447 g/mol. The zero-order chi connectivity index (χ0) is 22.2. The molecule has 1 atom stereocenters. The molecule has 8 heteroatoms. The molecule has 0 radical (unpaired) electrons. The Bertz CT molecular complexity index is 1300. The van der Waals surface area contributed by atoms with Crippen LogP contribution >= 0.6 is 11.8 Å². The van der Waals surface area contributed by atoms with E-state index in [2.05, 4.69) is 44.8 Å². The molecule has 1 saturated heterocycles. The molecule has 5 rings (SSSR count). The molecule has 3 heterocycles. The number of nitrogens with two attached hydrogens (primary N) is 1. The maximum Gasteiger partial charge on any atom is 0.320 e. The Morgan fingerprint density at radius 3 is 2.56 bits per heavy atom. The molecule has 2 aromatic heterocycles. The summed E-state index contributed by atoms with van der Waals surface area (Å²) < 4.78 is 2.20. The minimum atomic E-state index is -0.725. The summed E-state index contributed by atoms with van der Waals surface area (Å²) in [4.78, 5) is 22.8. The van der Waals surface area contributed by atoms with Gasteiger partial charge in [-0.1, -0.05) is 54.2 Å². The number of nitrogens with zero attached hydrogens (tertiary/aromatic N) is 4. The maximum atomic E-state index is 11.5. The topological polar surface area (TPSA) is 97.3 Å². The molecule has 7 nitrogen and oxygen atoms in total. The summed E-state index contributed by atoms with van der Waals surface area (Å²) in [6.45, 7) is 2.16. The van der Waals surface area contributed by atoms with Gasteiger partial charge in [0.05, 0.1) is 17.6 Å². The molecule has 2 aromatic carbocycles. The lowest BCUT2D eigenvalue weighted by molar-refractivity contribution is -0.142. The van der Waals surface area contributed by atoms with Crippen LogP contribution in [0.3, 0.4) is 0 Å². The van der Waals surface area contributed by atoms with Gasteiger partial charge in [0.1, 0.15) is 11.6 Å². The molecular weight excluding hydrogens is 422 g/mol. The van der Waals surface area contributed by atoms with Crippen LogP contribution in [0.1, 0.15) is 24.0 Å². The number of likely N-dealkylation sites (tertiary alicyclic amines) is 1. The van der Waals surface area contributed by atoms with Gasteiger partial charge in [0.25, 0.3) is 0 Å². The number of anilines is 1. The van der Waals surface area contributed by atoms with Crippen LogP contribution in [0.4, 0.5) is 5.82 Å². The Balaban J connectivity index is 1.46. The maximum absolute atomic E-state index is 11.5. The van der Waals surface area contributed by atoms with Gasteiger partial charge in [0, 0.05) is 11.9 Å². The first-order valence-electron chi connectivity index (χ1n) is 10.7. The zero-order valence-electron chi connectivity index (χ0n) is 17.9. The number of carboxylic acids is 1. The second-order valence-electron chi connectivity index (χ2n) is 8.18. The van der Waals surface area contributed by atoms with E-state index < -0.39 is 5.97 Å². The van der Waals surface area contributed by atoms with E-state index in [9.17, 15) is 9.90 Å². The molecule has 0 spiro atoms. The number of rotatable bonds is 6. The van der Waals surface area contributed by atoms with Crippen molar-refractivity contribution in [2.24, 2.45) is 0 Å². The number of carbonyl (C=O) groups is 1. The molecular formula is C24H25N5O2S. The van der Waals surface area contributed by atoms with Crippen LogP contribution < -0.4 is 5.73 Å². The number of hydrogen-bond donors (Lipinski definition) is 2. The van der Waals surface area contributed by atoms with Crippen LogP contribution in [0.2, 0.25) is 0 Å². The average Bonchev–Trinajstić information content (AvgIpc) is 3.40. The van der Waals surface area contributed by atoms with Crippen molar-refractivity contribution in [1.82, 2.24) is 19.4 Å². The number of nitrogen functional groups attached to an aromatic ring is 1. The van der Waals surface area contributed by atoms with E-state index in [4.69, 9.17) is 10.7 Å². The molecule has 164 valence electrons. The SMILES string of the molecule is CSc1nc2c(N)nc3ccccc3c2n1Cc1ccc(CN2CCC[C@H]2C(=O)O)cc1. The number of para-hydroxylation sites is 1. The van der Waals surface area contributed by atoms with Gasteiger partial charge in [0.15, 0.2) is 11.0 Å². The van der Waals surface area contributed by atoms with Gasteiger partial charge in [-0.25, -0.2) is 9.97 Å². The van der Waals surface area contributed by atoms with E-state index in [1.807, 2.05) is 24.5 Å². The normalized spacial score (nSPS) is 16.8. The van der Waals surface area contributed by atoms with Gasteiger partial charge < -0.3 is 15.4 Å². The molecule has 1 aliphatic heterocycles. The second kappa shape index (κ2) is 8.44. The quantitative estimate of drug-likeness (QED) is 0.431. The summed E-state index contributed by atoms with van der Waals surface area (Å²) in [6, 6.07) is 16.1. The third-order valence-corrected chi connectivity index (χ3v) is 6.83. The largest absolute Gasteiger partial charge is 0.480 e. The Morgan fingerprint density at radius 1 is 1.12 bits per heavy atom. The summed E-state index contributed by atoms with van der Waals surface area (Å²) in [6.07, 6.45) is 3.68. The van der Waals surface area contributed by atoms with Crippen molar-refractivity contribution < 1.29 is 9.90 Å². The molecule has 1 aliphatic rings. The predicted molar refractivity (Wildman–Crippen MR) is 128 cm³/mol. The summed E-state index contributed by atoms with van der Waals surface area (Å²) in [5, 5.41) is 11.3. The molecule has 0 saturated carbocycles. The van der Waals surface area contributed by atoms with Gasteiger partial charge >= 0.3 is 5.97 Å². The lowest BCUT2D eigenvalue weighted by Crippen LogP contribution is -2.35. The fraction of sp³-hybridized carbons (Fsp3) is 0.292. The molecule has 0 amide bonds. The first kappa shape index (κ1) is 20.8. The van der Waals surface area contributed by atoms with Gasteiger partial charge in [-0.3, -0.25) is 9.69 Å². The molecule has 32 heavy (non-hydrogen) atoms. The van der Waals surface area contributed by atoms with E-state index in [0.29, 0.717) is 18.9 Å². The smallest absolute Gasteiger partial charge is 0.320 e. The van der Waals surface area contributed by atoms with Crippen LogP contribution in [0, 0.1) is 0 Å². The Kier molecular flexibility index (Phi) is 5.48. The van der Waals surface area contributed by atoms with E-state index >= 15 is 0 Å². The molecule has 0 aliphatic carbocycles. The van der Waals surface area contributed by atoms with Crippen LogP contribution in [-0.2, 0) is 17.9 Å². The van der Waals surface area contributed by atoms with Crippen molar-refractivity contribution in [1.29, 1.82) is 0 Å². The number of fused-ring (bicyclic) bond motifs is 3. The van der Waals surface area contributed by atoms with Crippen molar-refractivity contribution in [2.45, 2.75) is 37.1 Å². The number of aromatic nitrogens is 3. The first-order valence-corrected chi connectivity index (χ1v) is 11.9. The van der Waals surface area contributed by atoms with Crippen LogP contribution in [0.25, 0.3) is 21.9 Å². The molecule has 1 fully saturated rings. The van der Waals surface area contributed by atoms with Crippen molar-refractivity contribution in [2.75, 3.05) is 18.5 Å². The summed E-state index contributed by atoms with van der Waals surface area (Å²) in [5.41, 5.74) is 11.1. The number of carboxylic acid groups (broad SMARTS) is 1. The van der Waals surface area contributed by atoms with Crippen molar-refractivity contribution in [3.63, 3.8) is 0 Å². The zero-order valence-corrected chi connectivity index (χ0v) is 18.7. The molecule has 0 unspecified atom stereocenters. The van der Waals surface area contributed by atoms with Gasteiger partial charge in [-0.05, 0) is 42.8 Å². The number of imidazole rings is 1. The third kappa shape index (κ3) is 3.69. The minimum absolute atomic E-state index is 0.372. The van der Waals surface area contributed by atoms with Crippen molar-refractivity contribution >= 4 is 45.5 Å². The first-order chi connectivity index (χ1) is 15.5. The average molecular weight is 448 g/mol. The van der Waals surface area contributed by atoms with E-state index in [-0.39, 0.29) is 6.04 Å². The fourth-order valence-corrected chi connectivity index (χ4v) is 5.16. The Labute approximate surface area is 190 Å². The number of aliphatic carboxylic acids is 1. The molecule has 0 bridgehead atoms. The predicted octanol–water partition coefficient (Wildman–Crippen LogP) is 3.99. The lowest BCUT2D eigenvalue weighted by atomic mass is 10.1. The van der Waals surface area contributed by atoms with Crippen LogP contribution in [-0.4, -0.2) is 49.4 Å². The van der Waals surface area contributed by atoms with Crippen molar-refractivity contribution in [3.8, 4) is 0 Å². The van der Waals surface area contributed by atoms with Gasteiger partial charge in [-0.15, -0.1) is 0 Å². The van der Waals surface area contributed by atoms with Gasteiger partial charge in [0.2, 0.25) is 0 Å². The highest BCUT2D eigenvalue weighted by Gasteiger charge is 2.30. The van der Waals surface area contributed by atoms with Crippen molar-refractivity contribution in [3.05, 3.63) is 59.7 Å². The highest BCUT2D eigenvalue weighted by atomic mass is 32.2. The summed E-state index contributed by atoms with van der Waals surface area (Å²) in [5.74, 6) is -0.279. The highest BCUT2D eigenvalue weighted by molar-refractivity contribution is 7.98. The summed E-state index contributed by atoms with van der Waals surface area (Å²) in [7, 11) is 0. The summed E-state index contributed by atoms with van der Waals surface area (Å²) >= 11 is 1.59. The molecule has 4 aromatic rings. The standard InChI is InChI=1S/C24H25N5O2S/c1-32-24-27-20-21(17-5-2-3-6-18(17)26-22(20)25)29(24)14-16-10-8-15(9-11-16)13-28-12-4-7-19(28)23(30)31/h2-3,5-6,8-11,19H,4,7,12-14H2,1H3,(H2,25,26)(H,30,31)/t19-/m0/s1. The second-order valence-corrected chi connectivity index (χ2v) is 8.95. The fourth-order valence-electron chi connectivity index (χ4n) is 4.60. The third-order valence-electron chi connectivity index (χ3n) is 6.16. The number of thioether (sulfide) groups is 1. The number of hydrogen-bond acceptors (Lipinski definition) is 6. The van der Waals surface area contributed by atoms with E-state index in [1.165, 1.54) is 0 Å². The minimum Gasteiger partial charge on any atom is -0.480 e. The van der Waals surface area contributed by atoms with Gasteiger partial charge in [-0.2, -0.15) is 0 Å².